The lowest BCUT2D eigenvalue weighted by Gasteiger charge is -2.28. The topological polar surface area (TPSA) is 60.2 Å². The Balaban J connectivity index is 1.67. The lowest BCUT2D eigenvalue weighted by atomic mass is 9.90. The maximum atomic E-state index is 10.3. The fourth-order valence-electron chi connectivity index (χ4n) is 2.47. The summed E-state index contributed by atoms with van der Waals surface area (Å²) in [6.45, 7) is 0.554. The average Bonchev–Trinajstić information content (AvgIpc) is 2.83. The Morgan fingerprint density at radius 1 is 1.47 bits per heavy atom. The van der Waals surface area contributed by atoms with E-state index in [0.29, 0.717) is 13.0 Å². The molecule has 1 aliphatic heterocycles. The third-order valence-electron chi connectivity index (χ3n) is 3.52. The number of para-hydroxylation sites is 1. The Morgan fingerprint density at radius 3 is 3.11 bits per heavy atom. The molecule has 0 saturated heterocycles. The number of hydrogen-bond donors (Lipinski definition) is 1. The first-order valence-electron chi connectivity index (χ1n) is 6.46. The first-order valence-corrected chi connectivity index (χ1v) is 6.46. The SMILES string of the molecule is Cn1cc(CC(O)C2COc3ccccc3C2)nn1. The van der Waals surface area contributed by atoms with Gasteiger partial charge in [-0.05, 0) is 18.1 Å². The van der Waals surface area contributed by atoms with Gasteiger partial charge in [-0.15, -0.1) is 5.10 Å². The molecular formula is C14H17N3O2. The van der Waals surface area contributed by atoms with Crippen LogP contribution in [0.25, 0.3) is 0 Å². The summed E-state index contributed by atoms with van der Waals surface area (Å²) in [6.07, 6.45) is 2.74. The molecule has 0 amide bonds. The Kier molecular flexibility index (Phi) is 3.21. The number of ether oxygens (including phenoxy) is 1. The quantitative estimate of drug-likeness (QED) is 0.892. The molecule has 1 N–H and O–H groups in total. The lowest BCUT2D eigenvalue weighted by Crippen LogP contribution is -2.33. The fraction of sp³-hybridized carbons (Fsp3) is 0.429. The molecule has 0 bridgehead atoms. The molecule has 19 heavy (non-hydrogen) atoms. The zero-order valence-corrected chi connectivity index (χ0v) is 10.9. The number of aliphatic hydroxyl groups excluding tert-OH is 1. The summed E-state index contributed by atoms with van der Waals surface area (Å²) in [5.74, 6) is 1.04. The van der Waals surface area contributed by atoms with Gasteiger partial charge in [0.25, 0.3) is 0 Å². The van der Waals surface area contributed by atoms with Crippen molar-refractivity contribution in [2.24, 2.45) is 13.0 Å². The van der Waals surface area contributed by atoms with Gasteiger partial charge >= 0.3 is 0 Å². The summed E-state index contributed by atoms with van der Waals surface area (Å²) in [4.78, 5) is 0. The van der Waals surface area contributed by atoms with Gasteiger partial charge < -0.3 is 9.84 Å². The smallest absolute Gasteiger partial charge is 0.122 e. The van der Waals surface area contributed by atoms with Crippen LogP contribution >= 0.6 is 0 Å². The van der Waals surface area contributed by atoms with Crippen LogP contribution in [0.1, 0.15) is 11.3 Å². The van der Waals surface area contributed by atoms with Crippen LogP contribution in [0.5, 0.6) is 5.75 Å². The summed E-state index contributed by atoms with van der Waals surface area (Å²) >= 11 is 0. The third-order valence-corrected chi connectivity index (χ3v) is 3.52. The molecule has 100 valence electrons. The van der Waals surface area contributed by atoms with E-state index in [1.54, 1.807) is 4.68 Å². The number of hydrogen-bond acceptors (Lipinski definition) is 4. The van der Waals surface area contributed by atoms with E-state index < -0.39 is 6.10 Å². The highest BCUT2D eigenvalue weighted by atomic mass is 16.5. The van der Waals surface area contributed by atoms with Crippen LogP contribution < -0.4 is 4.74 Å². The molecule has 0 aliphatic carbocycles. The van der Waals surface area contributed by atoms with Gasteiger partial charge in [0, 0.05) is 25.6 Å². The minimum absolute atomic E-state index is 0.108. The highest BCUT2D eigenvalue weighted by molar-refractivity contribution is 5.35. The Labute approximate surface area is 111 Å². The second-order valence-electron chi connectivity index (χ2n) is 5.04. The zero-order valence-electron chi connectivity index (χ0n) is 10.9. The van der Waals surface area contributed by atoms with E-state index in [0.717, 1.165) is 23.4 Å². The van der Waals surface area contributed by atoms with Gasteiger partial charge in [-0.3, -0.25) is 4.68 Å². The highest BCUT2D eigenvalue weighted by Crippen LogP contribution is 2.28. The molecule has 0 fully saturated rings. The van der Waals surface area contributed by atoms with E-state index in [1.807, 2.05) is 31.4 Å². The van der Waals surface area contributed by atoms with Crippen molar-refractivity contribution >= 4 is 0 Å². The number of nitrogens with zero attached hydrogens (tertiary/aromatic N) is 3. The van der Waals surface area contributed by atoms with Crippen molar-refractivity contribution < 1.29 is 9.84 Å². The van der Waals surface area contributed by atoms with Crippen molar-refractivity contribution in [1.82, 2.24) is 15.0 Å². The second-order valence-corrected chi connectivity index (χ2v) is 5.04. The van der Waals surface area contributed by atoms with Gasteiger partial charge in [-0.2, -0.15) is 0 Å². The molecule has 2 heterocycles. The number of fused-ring (bicyclic) bond motifs is 1. The average molecular weight is 259 g/mol. The van der Waals surface area contributed by atoms with Crippen LogP contribution in [0.2, 0.25) is 0 Å². The van der Waals surface area contributed by atoms with E-state index in [1.165, 1.54) is 0 Å². The number of aliphatic hydroxyl groups is 1. The van der Waals surface area contributed by atoms with Crippen molar-refractivity contribution in [3.63, 3.8) is 0 Å². The molecule has 5 heteroatoms. The maximum absolute atomic E-state index is 10.3. The zero-order chi connectivity index (χ0) is 13.2. The van der Waals surface area contributed by atoms with Crippen molar-refractivity contribution in [2.75, 3.05) is 6.61 Å². The minimum atomic E-state index is -0.454. The monoisotopic (exact) mass is 259 g/mol. The summed E-state index contributed by atoms with van der Waals surface area (Å²) < 4.78 is 7.35. The maximum Gasteiger partial charge on any atom is 0.122 e. The van der Waals surface area contributed by atoms with Gasteiger partial charge in [-0.25, -0.2) is 0 Å². The number of benzene rings is 1. The van der Waals surface area contributed by atoms with E-state index in [2.05, 4.69) is 16.4 Å². The standard InChI is InChI=1S/C14H17N3O2/c1-17-8-12(15-16-17)7-13(18)11-6-10-4-2-3-5-14(10)19-9-11/h2-5,8,11,13,18H,6-7,9H2,1H3. The van der Waals surface area contributed by atoms with Gasteiger partial charge in [0.1, 0.15) is 5.75 Å². The van der Waals surface area contributed by atoms with Crippen molar-refractivity contribution in [1.29, 1.82) is 0 Å². The van der Waals surface area contributed by atoms with Crippen LogP contribution in [-0.4, -0.2) is 32.8 Å². The van der Waals surface area contributed by atoms with E-state index in [9.17, 15) is 5.11 Å². The number of aromatic nitrogens is 3. The van der Waals surface area contributed by atoms with Gasteiger partial charge in [0.2, 0.25) is 0 Å². The number of rotatable bonds is 3. The Morgan fingerprint density at radius 2 is 2.32 bits per heavy atom. The van der Waals surface area contributed by atoms with Crippen LogP contribution in [-0.2, 0) is 19.9 Å². The molecule has 0 radical (unpaired) electrons. The summed E-state index contributed by atoms with van der Waals surface area (Å²) in [7, 11) is 1.82. The van der Waals surface area contributed by atoms with Crippen LogP contribution in [0.15, 0.2) is 30.5 Å². The molecule has 2 unspecified atom stereocenters. The first-order chi connectivity index (χ1) is 9.22. The van der Waals surface area contributed by atoms with E-state index in [-0.39, 0.29) is 5.92 Å². The Bertz CT molecular complexity index is 567. The predicted octanol–water partition coefficient (Wildman–Crippen LogP) is 0.970. The molecule has 2 atom stereocenters. The van der Waals surface area contributed by atoms with Crippen LogP contribution in [0.3, 0.4) is 0 Å². The van der Waals surface area contributed by atoms with Gasteiger partial charge in [0.05, 0.1) is 18.4 Å². The van der Waals surface area contributed by atoms with E-state index in [4.69, 9.17) is 4.74 Å². The third kappa shape index (κ3) is 2.61. The first kappa shape index (κ1) is 12.2. The normalized spacial score (nSPS) is 19.6. The second kappa shape index (κ2) is 5.01. The molecule has 5 nitrogen and oxygen atoms in total. The fourth-order valence-corrected chi connectivity index (χ4v) is 2.47. The largest absolute Gasteiger partial charge is 0.493 e. The van der Waals surface area contributed by atoms with Crippen molar-refractivity contribution in [2.45, 2.75) is 18.9 Å². The van der Waals surface area contributed by atoms with Crippen LogP contribution in [0, 0.1) is 5.92 Å². The Hall–Kier alpha value is -1.88. The van der Waals surface area contributed by atoms with Crippen molar-refractivity contribution in [3.8, 4) is 5.75 Å². The molecule has 1 aromatic heterocycles. The summed E-state index contributed by atoms with van der Waals surface area (Å²) in [6, 6.07) is 7.99. The van der Waals surface area contributed by atoms with Crippen molar-refractivity contribution in [3.05, 3.63) is 41.7 Å². The molecular weight excluding hydrogens is 242 g/mol. The summed E-state index contributed by atoms with van der Waals surface area (Å²) in [5.41, 5.74) is 1.98. The lowest BCUT2D eigenvalue weighted by molar-refractivity contribution is 0.0645. The predicted molar refractivity (Wildman–Crippen MR) is 69.8 cm³/mol. The highest BCUT2D eigenvalue weighted by Gasteiger charge is 2.26. The van der Waals surface area contributed by atoms with Crippen LogP contribution in [0.4, 0.5) is 0 Å². The number of aryl methyl sites for hydroxylation is 1. The molecule has 3 rings (SSSR count). The van der Waals surface area contributed by atoms with Gasteiger partial charge in [0.15, 0.2) is 0 Å². The minimum Gasteiger partial charge on any atom is -0.493 e. The molecule has 1 aliphatic rings. The van der Waals surface area contributed by atoms with Gasteiger partial charge in [-0.1, -0.05) is 23.4 Å². The van der Waals surface area contributed by atoms with E-state index >= 15 is 0 Å². The molecule has 1 aromatic carbocycles. The molecule has 0 saturated carbocycles. The summed E-state index contributed by atoms with van der Waals surface area (Å²) in [5, 5.41) is 18.2. The molecule has 2 aromatic rings. The molecule has 0 spiro atoms.